The maximum absolute atomic E-state index is 5.91. The van der Waals surface area contributed by atoms with E-state index >= 15 is 0 Å². The first kappa shape index (κ1) is 6.41. The Morgan fingerprint density at radius 3 is 2.50 bits per heavy atom. The minimum absolute atomic E-state index is 0.485. The monoisotopic (exact) mass is 132 g/mol. The van der Waals surface area contributed by atoms with E-state index in [0.717, 1.165) is 5.92 Å². The molecule has 0 N–H and O–H groups in total. The summed E-state index contributed by atoms with van der Waals surface area (Å²) in [6.07, 6.45) is 5.21. The topological polar surface area (TPSA) is 0 Å². The van der Waals surface area contributed by atoms with E-state index in [0.29, 0.717) is 5.38 Å². The molecule has 48 valence electrons. The molecule has 0 radical (unpaired) electrons. The molecule has 0 aromatic heterocycles. The van der Waals surface area contributed by atoms with Crippen LogP contribution in [-0.4, -0.2) is 5.38 Å². The van der Waals surface area contributed by atoms with Crippen molar-refractivity contribution in [3.05, 3.63) is 0 Å². The Labute approximate surface area is 56.2 Å². The third-order valence-corrected chi connectivity index (χ3v) is 2.27. The summed E-state index contributed by atoms with van der Waals surface area (Å²) >= 11 is 5.91. The van der Waals surface area contributed by atoms with Crippen LogP contribution in [0.1, 0.15) is 32.6 Å². The second-order valence-corrected chi connectivity index (χ2v) is 3.49. The highest BCUT2D eigenvalue weighted by atomic mass is 35.5. The highest BCUT2D eigenvalue weighted by Gasteiger charge is 2.15. The molecule has 0 aromatic rings. The zero-order chi connectivity index (χ0) is 5.98. The van der Waals surface area contributed by atoms with Gasteiger partial charge in [-0.2, -0.15) is 0 Å². The average molecular weight is 133 g/mol. The molecule has 0 amide bonds. The molecule has 1 rings (SSSR count). The van der Waals surface area contributed by atoms with Gasteiger partial charge in [-0.15, -0.1) is 11.6 Å². The van der Waals surface area contributed by atoms with Gasteiger partial charge in [-0.25, -0.2) is 0 Å². The number of hydrogen-bond donors (Lipinski definition) is 0. The van der Waals surface area contributed by atoms with Gasteiger partial charge in [0, 0.05) is 5.38 Å². The third kappa shape index (κ3) is 1.66. The standard InChI is InChI=1S/C7H13Cl/c1-6-3-2-4-7(8)5-6/h6-7H,2-5H2,1H3/t6-,7+/m0/s1. The van der Waals surface area contributed by atoms with Crippen LogP contribution in [0.25, 0.3) is 0 Å². The number of hydrogen-bond acceptors (Lipinski definition) is 0. The summed E-state index contributed by atoms with van der Waals surface area (Å²) in [6.45, 7) is 2.29. The van der Waals surface area contributed by atoms with E-state index in [1.54, 1.807) is 0 Å². The molecule has 2 atom stereocenters. The van der Waals surface area contributed by atoms with E-state index < -0.39 is 0 Å². The molecule has 1 aliphatic carbocycles. The highest BCUT2D eigenvalue weighted by molar-refractivity contribution is 6.20. The van der Waals surface area contributed by atoms with Gasteiger partial charge < -0.3 is 0 Å². The number of halogens is 1. The SMILES string of the molecule is C[C@H]1CCC[C@@H](Cl)C1. The lowest BCUT2D eigenvalue weighted by molar-refractivity contribution is 0.390. The molecule has 0 heterocycles. The minimum atomic E-state index is 0.485. The van der Waals surface area contributed by atoms with E-state index in [-0.39, 0.29) is 0 Å². The smallest absolute Gasteiger partial charge is 0.0338 e. The van der Waals surface area contributed by atoms with E-state index in [9.17, 15) is 0 Å². The first-order valence-electron chi connectivity index (χ1n) is 3.43. The van der Waals surface area contributed by atoms with Gasteiger partial charge in [0.25, 0.3) is 0 Å². The van der Waals surface area contributed by atoms with Crippen molar-refractivity contribution in [2.45, 2.75) is 38.0 Å². The van der Waals surface area contributed by atoms with E-state index in [2.05, 4.69) is 6.92 Å². The van der Waals surface area contributed by atoms with Crippen molar-refractivity contribution in [2.24, 2.45) is 5.92 Å². The molecule has 8 heavy (non-hydrogen) atoms. The van der Waals surface area contributed by atoms with Crippen LogP contribution in [0, 0.1) is 5.92 Å². The summed E-state index contributed by atoms with van der Waals surface area (Å²) in [5, 5.41) is 0.485. The molecule has 0 spiro atoms. The summed E-state index contributed by atoms with van der Waals surface area (Å²) in [6, 6.07) is 0. The lowest BCUT2D eigenvalue weighted by Crippen LogP contribution is -2.12. The van der Waals surface area contributed by atoms with Gasteiger partial charge in [0.15, 0.2) is 0 Å². The van der Waals surface area contributed by atoms with Gasteiger partial charge in [0.2, 0.25) is 0 Å². The first-order valence-corrected chi connectivity index (χ1v) is 3.86. The summed E-state index contributed by atoms with van der Waals surface area (Å²) < 4.78 is 0. The zero-order valence-corrected chi connectivity index (χ0v) is 6.12. The molecule has 0 saturated heterocycles. The summed E-state index contributed by atoms with van der Waals surface area (Å²) in [7, 11) is 0. The fraction of sp³-hybridized carbons (Fsp3) is 1.00. The Kier molecular flexibility index (Phi) is 2.18. The van der Waals surface area contributed by atoms with Gasteiger partial charge in [-0.1, -0.05) is 19.8 Å². The lowest BCUT2D eigenvalue weighted by atomic mass is 9.91. The van der Waals surface area contributed by atoms with Crippen molar-refractivity contribution in [1.29, 1.82) is 0 Å². The lowest BCUT2D eigenvalue weighted by Gasteiger charge is -2.21. The van der Waals surface area contributed by atoms with Crippen molar-refractivity contribution in [3.63, 3.8) is 0 Å². The van der Waals surface area contributed by atoms with E-state index in [1.807, 2.05) is 0 Å². The maximum atomic E-state index is 5.91. The molecule has 1 fully saturated rings. The molecule has 1 saturated carbocycles. The second kappa shape index (κ2) is 2.72. The Balaban J connectivity index is 2.23. The van der Waals surface area contributed by atoms with Crippen molar-refractivity contribution >= 4 is 11.6 Å². The predicted molar refractivity (Wildman–Crippen MR) is 37.3 cm³/mol. The van der Waals surface area contributed by atoms with E-state index in [1.165, 1.54) is 25.7 Å². The fourth-order valence-corrected chi connectivity index (χ4v) is 1.82. The largest absolute Gasteiger partial charge is 0.123 e. The third-order valence-electron chi connectivity index (χ3n) is 1.87. The number of rotatable bonds is 0. The van der Waals surface area contributed by atoms with Crippen LogP contribution in [0.15, 0.2) is 0 Å². The van der Waals surface area contributed by atoms with Crippen LogP contribution in [0.4, 0.5) is 0 Å². The predicted octanol–water partition coefficient (Wildman–Crippen LogP) is 2.80. The Morgan fingerprint density at radius 1 is 1.38 bits per heavy atom. The van der Waals surface area contributed by atoms with Gasteiger partial charge in [-0.05, 0) is 18.8 Å². The Morgan fingerprint density at radius 2 is 2.12 bits per heavy atom. The average Bonchev–Trinajstić information content (AvgIpc) is 1.64. The Hall–Kier alpha value is 0.290. The molecular formula is C7H13Cl. The van der Waals surface area contributed by atoms with Crippen molar-refractivity contribution in [3.8, 4) is 0 Å². The van der Waals surface area contributed by atoms with Gasteiger partial charge in [0.1, 0.15) is 0 Å². The van der Waals surface area contributed by atoms with Crippen LogP contribution in [0.5, 0.6) is 0 Å². The van der Waals surface area contributed by atoms with Crippen LogP contribution < -0.4 is 0 Å². The summed E-state index contributed by atoms with van der Waals surface area (Å²) in [5.41, 5.74) is 0. The van der Waals surface area contributed by atoms with Crippen molar-refractivity contribution < 1.29 is 0 Å². The Bertz CT molecular complexity index is 62.8. The summed E-state index contributed by atoms with van der Waals surface area (Å²) in [4.78, 5) is 0. The molecule has 1 aliphatic rings. The molecule has 0 aliphatic heterocycles. The molecule has 0 aromatic carbocycles. The maximum Gasteiger partial charge on any atom is 0.0338 e. The second-order valence-electron chi connectivity index (χ2n) is 2.87. The van der Waals surface area contributed by atoms with Crippen molar-refractivity contribution in [2.75, 3.05) is 0 Å². The fourth-order valence-electron chi connectivity index (χ4n) is 1.36. The van der Waals surface area contributed by atoms with Gasteiger partial charge >= 0.3 is 0 Å². The van der Waals surface area contributed by atoms with Crippen LogP contribution in [0.2, 0.25) is 0 Å². The molecule has 0 nitrogen and oxygen atoms in total. The molecule has 1 heteroatoms. The summed E-state index contributed by atoms with van der Waals surface area (Å²) in [5.74, 6) is 0.881. The molecule has 0 bridgehead atoms. The normalized spacial score (nSPS) is 39.8. The van der Waals surface area contributed by atoms with Crippen LogP contribution in [0.3, 0.4) is 0 Å². The first-order chi connectivity index (χ1) is 3.79. The van der Waals surface area contributed by atoms with Gasteiger partial charge in [-0.3, -0.25) is 0 Å². The van der Waals surface area contributed by atoms with Crippen molar-refractivity contribution in [1.82, 2.24) is 0 Å². The zero-order valence-electron chi connectivity index (χ0n) is 5.36. The quantitative estimate of drug-likeness (QED) is 0.445. The molecular weight excluding hydrogens is 120 g/mol. The highest BCUT2D eigenvalue weighted by Crippen LogP contribution is 2.26. The van der Waals surface area contributed by atoms with E-state index in [4.69, 9.17) is 11.6 Å². The van der Waals surface area contributed by atoms with Crippen LogP contribution >= 0.6 is 11.6 Å². The minimum Gasteiger partial charge on any atom is -0.123 e. The van der Waals surface area contributed by atoms with Crippen LogP contribution in [-0.2, 0) is 0 Å². The molecule has 0 unspecified atom stereocenters. The number of alkyl halides is 1. The van der Waals surface area contributed by atoms with Gasteiger partial charge in [0.05, 0.1) is 0 Å².